The summed E-state index contributed by atoms with van der Waals surface area (Å²) in [5.74, 6) is -1.25. The number of carboxylic acids is 1. The quantitative estimate of drug-likeness (QED) is 0.729. The largest absolute Gasteiger partial charge is 0.545 e. The maximum absolute atomic E-state index is 11.4. The molecule has 3 aromatic rings. The summed E-state index contributed by atoms with van der Waals surface area (Å²) in [6, 6.07) is 10.2. The van der Waals surface area contributed by atoms with E-state index in [4.69, 9.17) is 11.6 Å². The molecule has 1 aromatic carbocycles. The maximum atomic E-state index is 11.4. The van der Waals surface area contributed by atoms with Gasteiger partial charge in [-0.3, -0.25) is 4.98 Å². The van der Waals surface area contributed by atoms with Crippen LogP contribution in [-0.2, 0) is 0 Å². The fourth-order valence-electron chi connectivity index (χ4n) is 2.22. The summed E-state index contributed by atoms with van der Waals surface area (Å²) >= 11 is 6.10. The highest BCUT2D eigenvalue weighted by Gasteiger charge is 2.12. The number of aryl methyl sites for hydroxylation is 1. The van der Waals surface area contributed by atoms with Crippen molar-refractivity contribution in [1.29, 1.82) is 0 Å². The van der Waals surface area contributed by atoms with Gasteiger partial charge in [-0.15, -0.1) is 0 Å². The zero-order valence-corrected chi connectivity index (χ0v) is 11.9. The third kappa shape index (κ3) is 2.34. The van der Waals surface area contributed by atoms with Gasteiger partial charge < -0.3 is 9.90 Å². The number of aromatic nitrogens is 2. The van der Waals surface area contributed by atoms with Crippen LogP contribution in [-0.4, -0.2) is 15.9 Å². The Morgan fingerprint density at radius 1 is 1.19 bits per heavy atom. The van der Waals surface area contributed by atoms with Gasteiger partial charge in [0.05, 0.1) is 22.9 Å². The van der Waals surface area contributed by atoms with Crippen molar-refractivity contribution in [2.24, 2.45) is 0 Å². The Hall–Kier alpha value is -2.46. The SMILES string of the molecule is Cc1c(Cl)ccc2c(C(=O)[O-])cc(-c3ccccn3)nc12. The number of hydrogen-bond donors (Lipinski definition) is 0. The van der Waals surface area contributed by atoms with Crippen LogP contribution in [0.25, 0.3) is 22.3 Å². The van der Waals surface area contributed by atoms with Crippen molar-refractivity contribution in [3.63, 3.8) is 0 Å². The molecule has 104 valence electrons. The average Bonchev–Trinajstić information content (AvgIpc) is 2.51. The number of benzene rings is 1. The number of carbonyl (C=O) groups excluding carboxylic acids is 1. The van der Waals surface area contributed by atoms with Gasteiger partial charge in [-0.2, -0.15) is 0 Å². The van der Waals surface area contributed by atoms with Crippen molar-refractivity contribution in [3.05, 3.63) is 58.7 Å². The molecule has 0 saturated heterocycles. The van der Waals surface area contributed by atoms with E-state index in [0.29, 0.717) is 27.3 Å². The highest BCUT2D eigenvalue weighted by molar-refractivity contribution is 6.32. The minimum Gasteiger partial charge on any atom is -0.545 e. The Labute approximate surface area is 126 Å². The summed E-state index contributed by atoms with van der Waals surface area (Å²) in [7, 11) is 0. The molecule has 2 aromatic heterocycles. The third-order valence-corrected chi connectivity index (χ3v) is 3.73. The second kappa shape index (κ2) is 5.14. The van der Waals surface area contributed by atoms with E-state index in [1.807, 2.05) is 6.07 Å². The van der Waals surface area contributed by atoms with Crippen molar-refractivity contribution >= 4 is 28.5 Å². The zero-order valence-electron chi connectivity index (χ0n) is 11.1. The summed E-state index contributed by atoms with van der Waals surface area (Å²) in [5, 5.41) is 12.5. The Morgan fingerprint density at radius 3 is 2.67 bits per heavy atom. The minimum absolute atomic E-state index is 0.0837. The molecule has 0 amide bonds. The Bertz CT molecular complexity index is 848. The van der Waals surface area contributed by atoms with Crippen LogP contribution in [0.4, 0.5) is 0 Å². The van der Waals surface area contributed by atoms with E-state index < -0.39 is 5.97 Å². The number of fused-ring (bicyclic) bond motifs is 1. The van der Waals surface area contributed by atoms with Gasteiger partial charge in [-0.1, -0.05) is 23.7 Å². The van der Waals surface area contributed by atoms with Gasteiger partial charge in [0.25, 0.3) is 0 Å². The molecule has 0 aliphatic rings. The topological polar surface area (TPSA) is 65.9 Å². The third-order valence-electron chi connectivity index (χ3n) is 3.32. The molecule has 0 fully saturated rings. The van der Waals surface area contributed by atoms with Crippen LogP contribution in [0.2, 0.25) is 5.02 Å². The molecule has 0 spiro atoms. The monoisotopic (exact) mass is 297 g/mol. The van der Waals surface area contributed by atoms with E-state index >= 15 is 0 Å². The predicted molar refractivity (Wildman–Crippen MR) is 79.1 cm³/mol. The van der Waals surface area contributed by atoms with Crippen molar-refractivity contribution in [3.8, 4) is 11.4 Å². The Kier molecular flexibility index (Phi) is 3.31. The van der Waals surface area contributed by atoms with Crippen LogP contribution in [0.5, 0.6) is 0 Å². The van der Waals surface area contributed by atoms with Gasteiger partial charge in [0.15, 0.2) is 0 Å². The maximum Gasteiger partial charge on any atom is 0.0900 e. The van der Waals surface area contributed by atoms with Crippen molar-refractivity contribution < 1.29 is 9.90 Å². The van der Waals surface area contributed by atoms with E-state index in [-0.39, 0.29) is 5.56 Å². The first kappa shape index (κ1) is 13.5. The van der Waals surface area contributed by atoms with Crippen molar-refractivity contribution in [2.75, 3.05) is 0 Å². The number of pyridine rings is 2. The van der Waals surface area contributed by atoms with Crippen LogP contribution in [0, 0.1) is 6.92 Å². The number of halogens is 1. The first-order valence-electron chi connectivity index (χ1n) is 6.30. The summed E-state index contributed by atoms with van der Waals surface area (Å²) < 4.78 is 0. The smallest absolute Gasteiger partial charge is 0.0900 e. The van der Waals surface area contributed by atoms with Crippen LogP contribution in [0.15, 0.2) is 42.6 Å². The highest BCUT2D eigenvalue weighted by Crippen LogP contribution is 2.29. The average molecular weight is 298 g/mol. The summed E-state index contributed by atoms with van der Waals surface area (Å²) in [5.41, 5.74) is 2.44. The van der Waals surface area contributed by atoms with Gasteiger partial charge in [0.2, 0.25) is 0 Å². The Morgan fingerprint density at radius 2 is 2.00 bits per heavy atom. The van der Waals surface area contributed by atoms with E-state index in [1.165, 1.54) is 6.07 Å². The van der Waals surface area contributed by atoms with Crippen LogP contribution >= 0.6 is 11.6 Å². The molecule has 0 bridgehead atoms. The van der Waals surface area contributed by atoms with Gasteiger partial charge in [0.1, 0.15) is 0 Å². The fourth-order valence-corrected chi connectivity index (χ4v) is 2.37. The second-order valence-electron chi connectivity index (χ2n) is 4.63. The lowest BCUT2D eigenvalue weighted by molar-refractivity contribution is -0.254. The van der Waals surface area contributed by atoms with Crippen LogP contribution < -0.4 is 5.11 Å². The molecule has 0 unspecified atom stereocenters. The molecule has 0 aliphatic carbocycles. The van der Waals surface area contributed by atoms with Gasteiger partial charge in [-0.05, 0) is 36.8 Å². The first-order chi connectivity index (χ1) is 10.1. The van der Waals surface area contributed by atoms with E-state index in [0.717, 1.165) is 5.56 Å². The standard InChI is InChI=1S/C16H11ClN2O2/c1-9-12(17)6-5-10-11(16(20)21)8-14(19-15(9)10)13-4-2-3-7-18-13/h2-8H,1H3,(H,20,21)/p-1. The first-order valence-corrected chi connectivity index (χ1v) is 6.68. The van der Waals surface area contributed by atoms with Crippen LogP contribution in [0.1, 0.15) is 15.9 Å². The van der Waals surface area contributed by atoms with Crippen molar-refractivity contribution in [1.82, 2.24) is 9.97 Å². The van der Waals surface area contributed by atoms with Crippen molar-refractivity contribution in [2.45, 2.75) is 6.92 Å². The predicted octanol–water partition coefficient (Wildman–Crippen LogP) is 2.62. The lowest BCUT2D eigenvalue weighted by Crippen LogP contribution is -2.23. The van der Waals surface area contributed by atoms with Crippen LogP contribution in [0.3, 0.4) is 0 Å². The zero-order chi connectivity index (χ0) is 15.0. The van der Waals surface area contributed by atoms with Gasteiger partial charge in [0, 0.05) is 22.2 Å². The summed E-state index contributed by atoms with van der Waals surface area (Å²) in [6.45, 7) is 1.80. The number of carbonyl (C=O) groups is 1. The minimum atomic E-state index is -1.25. The molecule has 0 saturated carbocycles. The molecule has 3 rings (SSSR count). The van der Waals surface area contributed by atoms with E-state index in [1.54, 1.807) is 37.4 Å². The second-order valence-corrected chi connectivity index (χ2v) is 5.03. The number of hydrogen-bond acceptors (Lipinski definition) is 4. The summed E-state index contributed by atoms with van der Waals surface area (Å²) in [6.07, 6.45) is 1.63. The molecule has 0 N–H and O–H groups in total. The number of nitrogens with zero attached hydrogens (tertiary/aromatic N) is 2. The lowest BCUT2D eigenvalue weighted by atomic mass is 10.0. The molecule has 2 heterocycles. The Balaban J connectivity index is 2.39. The molecule has 0 atom stereocenters. The lowest BCUT2D eigenvalue weighted by Gasteiger charge is -2.12. The number of aromatic carboxylic acids is 1. The van der Waals surface area contributed by atoms with E-state index in [2.05, 4.69) is 9.97 Å². The molecule has 5 heteroatoms. The van der Waals surface area contributed by atoms with Gasteiger partial charge in [-0.25, -0.2) is 4.98 Å². The van der Waals surface area contributed by atoms with E-state index in [9.17, 15) is 9.90 Å². The molecule has 0 aliphatic heterocycles. The molecule has 21 heavy (non-hydrogen) atoms. The summed E-state index contributed by atoms with van der Waals surface area (Å²) in [4.78, 5) is 20.1. The number of carboxylic acid groups (broad SMARTS) is 1. The molecular weight excluding hydrogens is 288 g/mol. The van der Waals surface area contributed by atoms with Gasteiger partial charge >= 0.3 is 0 Å². The highest BCUT2D eigenvalue weighted by atomic mass is 35.5. The molecule has 4 nitrogen and oxygen atoms in total. The normalized spacial score (nSPS) is 10.8. The molecule has 0 radical (unpaired) electrons. The molecular formula is C16H10ClN2O2-. The fraction of sp³-hybridized carbons (Fsp3) is 0.0625. The number of rotatable bonds is 2.